The number of nitrogens with zero attached hydrogens (tertiary/aromatic N) is 3. The molecule has 0 saturated heterocycles. The van der Waals surface area contributed by atoms with E-state index >= 15 is 4.39 Å². The summed E-state index contributed by atoms with van der Waals surface area (Å²) in [6, 6.07) is 21.5. The molecule has 1 saturated carbocycles. The lowest BCUT2D eigenvalue weighted by molar-refractivity contribution is -0.141. The zero-order valence-electron chi connectivity index (χ0n) is 20.5. The van der Waals surface area contributed by atoms with Crippen LogP contribution in [0.25, 0.3) is 5.69 Å². The summed E-state index contributed by atoms with van der Waals surface area (Å²) in [6.45, 7) is 0.705. The quantitative estimate of drug-likeness (QED) is 0.263. The minimum Gasteiger partial charge on any atom is -0.318 e. The second-order valence-electron chi connectivity index (χ2n) is 9.34. The predicted molar refractivity (Wildman–Crippen MR) is 137 cm³/mol. The summed E-state index contributed by atoms with van der Waals surface area (Å²) in [5, 5.41) is 18.6. The van der Waals surface area contributed by atoms with Crippen LogP contribution in [0.3, 0.4) is 0 Å². The fourth-order valence-corrected chi connectivity index (χ4v) is 4.30. The van der Waals surface area contributed by atoms with E-state index in [4.69, 9.17) is 0 Å². The molecule has 1 aliphatic carbocycles. The van der Waals surface area contributed by atoms with Gasteiger partial charge in [0.25, 0.3) is 5.91 Å². The molecule has 1 heterocycles. The molecule has 0 radical (unpaired) electrons. The molecule has 6 nitrogen and oxygen atoms in total. The Morgan fingerprint density at radius 3 is 2.49 bits per heavy atom. The number of rotatable bonds is 8. The van der Waals surface area contributed by atoms with Crippen LogP contribution in [-0.2, 0) is 6.18 Å². The van der Waals surface area contributed by atoms with E-state index in [9.17, 15) is 23.2 Å². The first kappa shape index (κ1) is 26.1. The van der Waals surface area contributed by atoms with E-state index in [1.54, 1.807) is 12.1 Å². The second-order valence-corrected chi connectivity index (χ2v) is 9.34. The largest absolute Gasteiger partial charge is 0.435 e. The maximum atomic E-state index is 15.8. The second kappa shape index (κ2) is 10.7. The van der Waals surface area contributed by atoms with Crippen LogP contribution in [0.5, 0.6) is 0 Å². The van der Waals surface area contributed by atoms with Crippen LogP contribution in [0.1, 0.15) is 51.8 Å². The lowest BCUT2D eigenvalue weighted by atomic mass is 9.97. The molecule has 198 valence electrons. The van der Waals surface area contributed by atoms with Crippen molar-refractivity contribution in [2.75, 3.05) is 11.9 Å². The highest BCUT2D eigenvalue weighted by molar-refractivity contribution is 6.03. The first-order chi connectivity index (χ1) is 18.7. The lowest BCUT2D eigenvalue weighted by Gasteiger charge is -2.21. The number of anilines is 1. The van der Waals surface area contributed by atoms with Gasteiger partial charge in [-0.2, -0.15) is 23.5 Å². The molecule has 0 bridgehead atoms. The number of carbonyl (C=O) groups excluding carboxylic acids is 1. The van der Waals surface area contributed by atoms with Crippen molar-refractivity contribution >= 4 is 11.6 Å². The van der Waals surface area contributed by atoms with Gasteiger partial charge in [-0.25, -0.2) is 9.07 Å². The monoisotopic (exact) mass is 533 g/mol. The molecule has 10 heteroatoms. The van der Waals surface area contributed by atoms with Gasteiger partial charge in [0.05, 0.1) is 29.0 Å². The Balaban J connectivity index is 1.49. The van der Waals surface area contributed by atoms with Gasteiger partial charge >= 0.3 is 6.18 Å². The smallest absolute Gasteiger partial charge is 0.318 e. The Morgan fingerprint density at radius 1 is 1.05 bits per heavy atom. The van der Waals surface area contributed by atoms with Crippen LogP contribution in [0.2, 0.25) is 0 Å². The molecule has 1 fully saturated rings. The highest BCUT2D eigenvalue weighted by Crippen LogP contribution is 2.33. The minimum atomic E-state index is -4.82. The van der Waals surface area contributed by atoms with Crippen molar-refractivity contribution in [3.63, 3.8) is 0 Å². The molecule has 0 aliphatic heterocycles. The van der Waals surface area contributed by atoms with Gasteiger partial charge in [0.2, 0.25) is 0 Å². The Labute approximate surface area is 221 Å². The van der Waals surface area contributed by atoms with Crippen LogP contribution >= 0.6 is 0 Å². The van der Waals surface area contributed by atoms with Crippen molar-refractivity contribution in [3.8, 4) is 11.8 Å². The number of hydrogen-bond acceptors (Lipinski definition) is 4. The van der Waals surface area contributed by atoms with E-state index in [1.165, 1.54) is 30.3 Å². The van der Waals surface area contributed by atoms with E-state index in [0.29, 0.717) is 24.1 Å². The molecule has 39 heavy (non-hydrogen) atoms. The standard InChI is InChI=1S/C29H23F4N5O/c30-26-22(27(35-17-18-12-13-18)20-7-2-1-3-8-20)10-5-11-23(26)36-28(39)24-15-25(29(31,32)33)37-38(24)21-9-4-6-19(14-21)16-34/h1-11,14-15,18,27,35H,12-13,17H2,(H,36,39). The average Bonchev–Trinajstić information content (AvgIpc) is 3.64. The van der Waals surface area contributed by atoms with Gasteiger partial charge in [-0.3, -0.25) is 4.79 Å². The molecule has 2 N–H and O–H groups in total. The van der Waals surface area contributed by atoms with Crippen LogP contribution in [-0.4, -0.2) is 22.2 Å². The lowest BCUT2D eigenvalue weighted by Crippen LogP contribution is -2.26. The number of halogens is 4. The van der Waals surface area contributed by atoms with Crippen LogP contribution in [0, 0.1) is 23.1 Å². The topological polar surface area (TPSA) is 82.7 Å². The predicted octanol–water partition coefficient (Wildman–Crippen LogP) is 6.24. The number of aromatic nitrogens is 2. The zero-order chi connectivity index (χ0) is 27.6. The Morgan fingerprint density at radius 2 is 1.79 bits per heavy atom. The highest BCUT2D eigenvalue weighted by atomic mass is 19.4. The van der Waals surface area contributed by atoms with Crippen LogP contribution in [0.15, 0.2) is 78.9 Å². The molecular weight excluding hydrogens is 510 g/mol. The molecule has 5 rings (SSSR count). The average molecular weight is 534 g/mol. The Kier molecular flexibility index (Phi) is 7.17. The van der Waals surface area contributed by atoms with Crippen molar-refractivity contribution in [3.05, 3.63) is 113 Å². The molecule has 1 aromatic heterocycles. The first-order valence-corrected chi connectivity index (χ1v) is 12.3. The van der Waals surface area contributed by atoms with Gasteiger partial charge in [-0.05, 0) is 55.1 Å². The number of hydrogen-bond donors (Lipinski definition) is 2. The molecule has 1 atom stereocenters. The van der Waals surface area contributed by atoms with Crippen molar-refractivity contribution in [1.82, 2.24) is 15.1 Å². The Bertz CT molecular complexity index is 1540. The minimum absolute atomic E-state index is 0.0809. The van der Waals surface area contributed by atoms with Crippen molar-refractivity contribution < 1.29 is 22.4 Å². The maximum Gasteiger partial charge on any atom is 0.435 e. The molecule has 1 unspecified atom stereocenters. The van der Waals surface area contributed by atoms with Crippen LogP contribution < -0.4 is 10.6 Å². The first-order valence-electron chi connectivity index (χ1n) is 12.3. The van der Waals surface area contributed by atoms with E-state index in [-0.39, 0.29) is 16.9 Å². The van der Waals surface area contributed by atoms with Gasteiger partial charge in [-0.1, -0.05) is 48.5 Å². The van der Waals surface area contributed by atoms with Gasteiger partial charge in [0.1, 0.15) is 5.69 Å². The van der Waals surface area contributed by atoms with Gasteiger partial charge in [0.15, 0.2) is 11.5 Å². The third kappa shape index (κ3) is 5.84. The summed E-state index contributed by atoms with van der Waals surface area (Å²) in [4.78, 5) is 13.2. The summed E-state index contributed by atoms with van der Waals surface area (Å²) in [7, 11) is 0. The molecule has 4 aromatic rings. The van der Waals surface area contributed by atoms with E-state index in [0.717, 1.165) is 23.1 Å². The van der Waals surface area contributed by atoms with Crippen molar-refractivity contribution in [1.29, 1.82) is 5.26 Å². The molecule has 0 spiro atoms. The normalized spacial score (nSPS) is 14.0. The van der Waals surface area contributed by atoms with Crippen molar-refractivity contribution in [2.24, 2.45) is 5.92 Å². The fourth-order valence-electron chi connectivity index (χ4n) is 4.30. The van der Waals surface area contributed by atoms with Gasteiger partial charge < -0.3 is 10.6 Å². The summed E-state index contributed by atoms with van der Waals surface area (Å²) < 4.78 is 57.2. The molecular formula is C29H23F4N5O. The number of alkyl halides is 3. The number of nitriles is 1. The summed E-state index contributed by atoms with van der Waals surface area (Å²) >= 11 is 0. The number of carbonyl (C=O) groups is 1. The third-order valence-electron chi connectivity index (χ3n) is 6.48. The van der Waals surface area contributed by atoms with Gasteiger partial charge in [0, 0.05) is 11.6 Å². The van der Waals surface area contributed by atoms with E-state index in [1.807, 2.05) is 36.4 Å². The van der Waals surface area contributed by atoms with Crippen LogP contribution in [0.4, 0.5) is 23.2 Å². The third-order valence-corrected chi connectivity index (χ3v) is 6.48. The number of amides is 1. The van der Waals surface area contributed by atoms with E-state index in [2.05, 4.69) is 15.7 Å². The van der Waals surface area contributed by atoms with Gasteiger partial charge in [-0.15, -0.1) is 0 Å². The molecule has 3 aromatic carbocycles. The molecule has 1 amide bonds. The SMILES string of the molecule is N#Cc1cccc(-n2nc(C(F)(F)F)cc2C(=O)Nc2cccc(C(NCC3CC3)c3ccccc3)c2F)c1. The highest BCUT2D eigenvalue weighted by Gasteiger charge is 2.36. The summed E-state index contributed by atoms with van der Waals surface area (Å²) in [6.07, 6.45) is -2.61. The van der Waals surface area contributed by atoms with E-state index < -0.39 is 35.3 Å². The van der Waals surface area contributed by atoms with Crippen molar-refractivity contribution in [2.45, 2.75) is 25.1 Å². The number of benzene rings is 3. The summed E-state index contributed by atoms with van der Waals surface area (Å²) in [5.41, 5.74) is -0.550. The Hall–Kier alpha value is -4.49. The zero-order valence-corrected chi connectivity index (χ0v) is 20.5. The number of nitrogens with one attached hydrogen (secondary N) is 2. The summed E-state index contributed by atoms with van der Waals surface area (Å²) in [5.74, 6) is -1.15. The maximum absolute atomic E-state index is 15.8. The molecule has 1 aliphatic rings. The fraction of sp³-hybridized carbons (Fsp3) is 0.207.